The summed E-state index contributed by atoms with van der Waals surface area (Å²) in [4.78, 5) is 8.24. The molecule has 6 heteroatoms. The van der Waals surface area contributed by atoms with E-state index in [2.05, 4.69) is 15.3 Å². The maximum atomic E-state index is 5.40. The lowest BCUT2D eigenvalue weighted by atomic mass is 10.3. The van der Waals surface area contributed by atoms with Crippen LogP contribution in [0.4, 0.5) is 11.5 Å². The van der Waals surface area contributed by atoms with Gasteiger partial charge >= 0.3 is 0 Å². The van der Waals surface area contributed by atoms with Crippen molar-refractivity contribution in [2.45, 2.75) is 0 Å². The topological polar surface area (TPSA) is 82.3 Å². The van der Waals surface area contributed by atoms with Gasteiger partial charge in [0.1, 0.15) is 12.4 Å². The Bertz CT molecular complexity index is 516. The molecule has 100 valence electrons. The lowest BCUT2D eigenvalue weighted by Gasteiger charge is -2.08. The highest BCUT2D eigenvalue weighted by Crippen LogP contribution is 2.19. The predicted molar refractivity (Wildman–Crippen MR) is 72.9 cm³/mol. The maximum Gasteiger partial charge on any atom is 0.233 e. The molecule has 0 aliphatic rings. The molecule has 1 aromatic heterocycles. The fraction of sp³-hybridized carbons (Fsp3) is 0.231. The van der Waals surface area contributed by atoms with E-state index in [1.54, 1.807) is 19.5 Å². The molecule has 1 heterocycles. The summed E-state index contributed by atoms with van der Waals surface area (Å²) >= 11 is 0. The molecule has 2 aromatic rings. The van der Waals surface area contributed by atoms with Crippen molar-refractivity contribution in [2.24, 2.45) is 5.73 Å². The summed E-state index contributed by atoms with van der Waals surface area (Å²) in [6.07, 6.45) is 3.18. The van der Waals surface area contributed by atoms with Crippen LogP contribution in [0.1, 0.15) is 0 Å². The molecule has 0 fully saturated rings. The van der Waals surface area contributed by atoms with Crippen molar-refractivity contribution in [1.82, 2.24) is 9.97 Å². The van der Waals surface area contributed by atoms with Gasteiger partial charge in [-0.2, -0.15) is 4.98 Å². The molecule has 0 unspecified atom stereocenters. The van der Waals surface area contributed by atoms with Crippen molar-refractivity contribution in [3.8, 4) is 11.6 Å². The number of rotatable bonds is 6. The van der Waals surface area contributed by atoms with Crippen molar-refractivity contribution < 1.29 is 9.47 Å². The van der Waals surface area contributed by atoms with E-state index in [4.69, 9.17) is 15.2 Å². The Morgan fingerprint density at radius 3 is 2.68 bits per heavy atom. The summed E-state index contributed by atoms with van der Waals surface area (Å²) in [5.74, 6) is 1.87. The highest BCUT2D eigenvalue weighted by Gasteiger charge is 2.00. The van der Waals surface area contributed by atoms with Crippen molar-refractivity contribution in [3.63, 3.8) is 0 Å². The Morgan fingerprint density at radius 1 is 1.21 bits per heavy atom. The lowest BCUT2D eigenvalue weighted by molar-refractivity contribution is 0.328. The van der Waals surface area contributed by atoms with Gasteiger partial charge in [0.05, 0.1) is 19.5 Å². The summed E-state index contributed by atoms with van der Waals surface area (Å²) < 4.78 is 10.4. The highest BCUT2D eigenvalue weighted by molar-refractivity contribution is 5.56. The number of methoxy groups -OCH3 is 1. The Morgan fingerprint density at radius 2 is 2.00 bits per heavy atom. The molecule has 0 spiro atoms. The predicted octanol–water partition coefficient (Wildman–Crippen LogP) is 1.57. The summed E-state index contributed by atoms with van der Waals surface area (Å²) in [6.45, 7) is 1.01. The Labute approximate surface area is 111 Å². The molecule has 0 radical (unpaired) electrons. The quantitative estimate of drug-likeness (QED) is 0.820. The summed E-state index contributed by atoms with van der Waals surface area (Å²) in [6, 6.07) is 7.53. The zero-order valence-electron chi connectivity index (χ0n) is 10.7. The van der Waals surface area contributed by atoms with E-state index in [1.807, 2.05) is 24.3 Å². The number of ether oxygens (including phenoxy) is 2. The Balaban J connectivity index is 2.02. The molecule has 0 saturated heterocycles. The van der Waals surface area contributed by atoms with Crippen LogP contribution in [0, 0.1) is 0 Å². The zero-order chi connectivity index (χ0) is 13.5. The van der Waals surface area contributed by atoms with Crippen LogP contribution in [-0.2, 0) is 0 Å². The summed E-state index contributed by atoms with van der Waals surface area (Å²) in [5, 5.41) is 3.13. The molecule has 19 heavy (non-hydrogen) atoms. The molecule has 0 saturated carbocycles. The second-order valence-electron chi connectivity index (χ2n) is 3.73. The average molecular weight is 260 g/mol. The van der Waals surface area contributed by atoms with Crippen LogP contribution in [0.2, 0.25) is 0 Å². The molecule has 0 aliphatic heterocycles. The standard InChI is InChI=1S/C13H16N4O2/c1-18-13-9-15-8-12(17-13)16-10-2-4-11(5-3-10)19-7-6-14/h2-5,8-9H,6-7,14H2,1H3,(H,16,17). The van der Waals surface area contributed by atoms with Gasteiger partial charge in [0.2, 0.25) is 5.88 Å². The summed E-state index contributed by atoms with van der Waals surface area (Å²) in [5.41, 5.74) is 6.26. The number of benzene rings is 1. The van der Waals surface area contributed by atoms with Crippen LogP contribution in [0.5, 0.6) is 11.6 Å². The molecular weight excluding hydrogens is 244 g/mol. The molecule has 0 amide bonds. The van der Waals surface area contributed by atoms with E-state index in [9.17, 15) is 0 Å². The van der Waals surface area contributed by atoms with Gasteiger partial charge in [-0.25, -0.2) is 0 Å². The number of aromatic nitrogens is 2. The second kappa shape index (κ2) is 6.55. The first kappa shape index (κ1) is 13.1. The molecule has 0 atom stereocenters. The minimum atomic E-state index is 0.466. The molecule has 0 aliphatic carbocycles. The maximum absolute atomic E-state index is 5.40. The van der Waals surface area contributed by atoms with Crippen molar-refractivity contribution in [2.75, 3.05) is 25.6 Å². The number of nitrogens with one attached hydrogen (secondary N) is 1. The third-order valence-corrected chi connectivity index (χ3v) is 2.33. The first-order chi connectivity index (χ1) is 9.31. The van der Waals surface area contributed by atoms with E-state index in [0.717, 1.165) is 11.4 Å². The molecular formula is C13H16N4O2. The van der Waals surface area contributed by atoms with Crippen LogP contribution in [0.25, 0.3) is 0 Å². The van der Waals surface area contributed by atoms with Crippen LogP contribution < -0.4 is 20.5 Å². The average Bonchev–Trinajstić information content (AvgIpc) is 2.47. The van der Waals surface area contributed by atoms with Gasteiger partial charge in [-0.1, -0.05) is 0 Å². The largest absolute Gasteiger partial charge is 0.492 e. The van der Waals surface area contributed by atoms with Crippen LogP contribution in [-0.4, -0.2) is 30.2 Å². The van der Waals surface area contributed by atoms with Gasteiger partial charge in [-0.3, -0.25) is 4.98 Å². The summed E-state index contributed by atoms with van der Waals surface area (Å²) in [7, 11) is 1.55. The SMILES string of the molecule is COc1cncc(Nc2ccc(OCCN)cc2)n1. The van der Waals surface area contributed by atoms with Gasteiger partial charge < -0.3 is 20.5 Å². The first-order valence-electron chi connectivity index (χ1n) is 5.88. The van der Waals surface area contributed by atoms with E-state index in [-0.39, 0.29) is 0 Å². The fourth-order valence-corrected chi connectivity index (χ4v) is 1.47. The monoisotopic (exact) mass is 260 g/mol. The molecule has 3 N–H and O–H groups in total. The first-order valence-corrected chi connectivity index (χ1v) is 5.88. The van der Waals surface area contributed by atoms with E-state index >= 15 is 0 Å². The van der Waals surface area contributed by atoms with Gasteiger partial charge in [-0.15, -0.1) is 0 Å². The van der Waals surface area contributed by atoms with E-state index in [0.29, 0.717) is 24.8 Å². The second-order valence-corrected chi connectivity index (χ2v) is 3.73. The lowest BCUT2D eigenvalue weighted by Crippen LogP contribution is -2.10. The molecule has 6 nitrogen and oxygen atoms in total. The van der Waals surface area contributed by atoms with Crippen LogP contribution in [0.3, 0.4) is 0 Å². The molecule has 1 aromatic carbocycles. The number of hydrogen-bond donors (Lipinski definition) is 2. The zero-order valence-corrected chi connectivity index (χ0v) is 10.7. The van der Waals surface area contributed by atoms with Gasteiger partial charge in [-0.05, 0) is 24.3 Å². The van der Waals surface area contributed by atoms with Gasteiger partial charge in [0, 0.05) is 12.2 Å². The van der Waals surface area contributed by atoms with Crippen molar-refractivity contribution >= 4 is 11.5 Å². The Hall–Kier alpha value is -2.34. The minimum Gasteiger partial charge on any atom is -0.492 e. The van der Waals surface area contributed by atoms with Crippen LogP contribution >= 0.6 is 0 Å². The third-order valence-electron chi connectivity index (χ3n) is 2.33. The van der Waals surface area contributed by atoms with Crippen molar-refractivity contribution in [1.29, 1.82) is 0 Å². The number of nitrogens with two attached hydrogens (primary N) is 1. The number of nitrogens with zero attached hydrogens (tertiary/aromatic N) is 2. The number of hydrogen-bond acceptors (Lipinski definition) is 6. The van der Waals surface area contributed by atoms with Crippen molar-refractivity contribution in [3.05, 3.63) is 36.7 Å². The van der Waals surface area contributed by atoms with Crippen LogP contribution in [0.15, 0.2) is 36.7 Å². The van der Waals surface area contributed by atoms with E-state index in [1.165, 1.54) is 0 Å². The van der Waals surface area contributed by atoms with Gasteiger partial charge in [0.15, 0.2) is 5.82 Å². The van der Waals surface area contributed by atoms with Gasteiger partial charge in [0.25, 0.3) is 0 Å². The molecule has 2 rings (SSSR count). The highest BCUT2D eigenvalue weighted by atomic mass is 16.5. The smallest absolute Gasteiger partial charge is 0.233 e. The normalized spacial score (nSPS) is 10.0. The Kier molecular flexibility index (Phi) is 4.52. The fourth-order valence-electron chi connectivity index (χ4n) is 1.47. The number of anilines is 2. The van der Waals surface area contributed by atoms with E-state index < -0.39 is 0 Å². The molecule has 0 bridgehead atoms. The minimum absolute atomic E-state index is 0.466. The third kappa shape index (κ3) is 3.82.